The third-order valence-electron chi connectivity index (χ3n) is 3.12. The fourth-order valence-electron chi connectivity index (χ4n) is 2.27. The van der Waals surface area contributed by atoms with Crippen LogP contribution in [0.15, 0.2) is 23.2 Å². The smallest absolute Gasteiger partial charge is 0.306 e. The van der Waals surface area contributed by atoms with E-state index in [2.05, 4.69) is 30.1 Å². The molecule has 0 saturated heterocycles. The molecule has 0 spiro atoms. The lowest BCUT2D eigenvalue weighted by Gasteiger charge is -2.09. The molecule has 0 aliphatic carbocycles. The van der Waals surface area contributed by atoms with Crippen molar-refractivity contribution in [2.24, 2.45) is 4.99 Å². The first-order valence-electron chi connectivity index (χ1n) is 6.57. The van der Waals surface area contributed by atoms with Crippen LogP contribution in [0.25, 0.3) is 0 Å². The first-order valence-corrected chi connectivity index (χ1v) is 6.57. The Bertz CT molecular complexity index is 466. The number of hydrogen-bond acceptors (Lipinski definition) is 3. The van der Waals surface area contributed by atoms with Crippen molar-refractivity contribution >= 4 is 17.9 Å². The monoisotopic (exact) mass is 245 g/mol. The predicted octanol–water partition coefficient (Wildman–Crippen LogP) is 3.39. The molecule has 96 valence electrons. The summed E-state index contributed by atoms with van der Waals surface area (Å²) in [6.45, 7) is 4.43. The molecule has 1 aromatic carbocycles. The molecule has 3 nitrogen and oxygen atoms in total. The maximum Gasteiger partial charge on any atom is 0.306 e. The number of carbonyl (C=O) groups is 1. The Kier molecular flexibility index (Phi) is 4.13. The van der Waals surface area contributed by atoms with Crippen molar-refractivity contribution in [3.8, 4) is 0 Å². The molecule has 1 unspecified atom stereocenters. The SMILES string of the molecule is CCCc1ccc2c(c1)N=CC2CC(=O)OCC. The number of rotatable bonds is 5. The molecular weight excluding hydrogens is 226 g/mol. The summed E-state index contributed by atoms with van der Waals surface area (Å²) in [5, 5.41) is 0. The Morgan fingerprint density at radius 3 is 2.94 bits per heavy atom. The average molecular weight is 245 g/mol. The Morgan fingerprint density at radius 2 is 2.22 bits per heavy atom. The molecule has 0 radical (unpaired) electrons. The van der Waals surface area contributed by atoms with Crippen LogP contribution in [-0.4, -0.2) is 18.8 Å². The zero-order valence-corrected chi connectivity index (χ0v) is 11.0. The molecule has 0 N–H and O–H groups in total. The van der Waals surface area contributed by atoms with E-state index in [1.54, 1.807) is 0 Å². The molecule has 1 atom stereocenters. The van der Waals surface area contributed by atoms with Gasteiger partial charge in [0.1, 0.15) is 0 Å². The van der Waals surface area contributed by atoms with E-state index in [0.717, 1.165) is 24.1 Å². The second-order valence-electron chi connectivity index (χ2n) is 4.54. The first-order chi connectivity index (χ1) is 8.74. The Hall–Kier alpha value is -1.64. The van der Waals surface area contributed by atoms with Crippen LogP contribution in [0, 0.1) is 0 Å². The molecule has 0 fully saturated rings. The number of aliphatic imine (C=N–C) groups is 1. The van der Waals surface area contributed by atoms with E-state index in [9.17, 15) is 4.79 Å². The van der Waals surface area contributed by atoms with Crippen LogP contribution >= 0.6 is 0 Å². The van der Waals surface area contributed by atoms with Crippen LogP contribution in [0.5, 0.6) is 0 Å². The van der Waals surface area contributed by atoms with E-state index in [1.165, 1.54) is 5.56 Å². The number of benzene rings is 1. The number of ether oxygens (including phenoxy) is 1. The molecule has 1 heterocycles. The van der Waals surface area contributed by atoms with Gasteiger partial charge >= 0.3 is 5.97 Å². The fraction of sp³-hybridized carbons (Fsp3) is 0.467. The molecule has 1 aliphatic rings. The van der Waals surface area contributed by atoms with E-state index < -0.39 is 0 Å². The molecule has 1 aliphatic heterocycles. The summed E-state index contributed by atoms with van der Waals surface area (Å²) in [6.07, 6.45) is 4.45. The van der Waals surface area contributed by atoms with E-state index in [-0.39, 0.29) is 11.9 Å². The van der Waals surface area contributed by atoms with Crippen molar-refractivity contribution in [2.75, 3.05) is 6.61 Å². The minimum Gasteiger partial charge on any atom is -0.466 e. The molecule has 0 bridgehead atoms. The number of fused-ring (bicyclic) bond motifs is 1. The highest BCUT2D eigenvalue weighted by molar-refractivity contribution is 5.86. The van der Waals surface area contributed by atoms with Crippen LogP contribution in [0.4, 0.5) is 5.69 Å². The third-order valence-corrected chi connectivity index (χ3v) is 3.12. The van der Waals surface area contributed by atoms with Crippen molar-refractivity contribution in [2.45, 2.75) is 39.0 Å². The Morgan fingerprint density at radius 1 is 1.39 bits per heavy atom. The van der Waals surface area contributed by atoms with Crippen molar-refractivity contribution in [3.63, 3.8) is 0 Å². The van der Waals surface area contributed by atoms with Gasteiger partial charge in [-0.15, -0.1) is 0 Å². The number of nitrogens with zero attached hydrogens (tertiary/aromatic N) is 1. The minimum atomic E-state index is -0.153. The summed E-state index contributed by atoms with van der Waals surface area (Å²) >= 11 is 0. The van der Waals surface area contributed by atoms with Gasteiger partial charge in [-0.2, -0.15) is 0 Å². The van der Waals surface area contributed by atoms with Gasteiger partial charge in [0, 0.05) is 12.1 Å². The number of hydrogen-bond donors (Lipinski definition) is 0. The van der Waals surface area contributed by atoms with Crippen LogP contribution < -0.4 is 0 Å². The highest BCUT2D eigenvalue weighted by Crippen LogP contribution is 2.35. The van der Waals surface area contributed by atoms with E-state index in [0.29, 0.717) is 13.0 Å². The third kappa shape index (κ3) is 2.78. The van der Waals surface area contributed by atoms with Crippen LogP contribution in [0.3, 0.4) is 0 Å². The fourth-order valence-corrected chi connectivity index (χ4v) is 2.27. The molecule has 2 rings (SSSR count). The van der Waals surface area contributed by atoms with Crippen molar-refractivity contribution in [3.05, 3.63) is 29.3 Å². The zero-order chi connectivity index (χ0) is 13.0. The molecule has 0 amide bonds. The predicted molar refractivity (Wildman–Crippen MR) is 72.6 cm³/mol. The van der Waals surface area contributed by atoms with E-state index >= 15 is 0 Å². The van der Waals surface area contributed by atoms with Gasteiger partial charge in [-0.25, -0.2) is 0 Å². The van der Waals surface area contributed by atoms with Gasteiger partial charge in [0.15, 0.2) is 0 Å². The summed E-state index contributed by atoms with van der Waals surface area (Å²) < 4.78 is 4.98. The molecule has 18 heavy (non-hydrogen) atoms. The van der Waals surface area contributed by atoms with Crippen molar-refractivity contribution < 1.29 is 9.53 Å². The van der Waals surface area contributed by atoms with Crippen LogP contribution in [-0.2, 0) is 16.0 Å². The summed E-state index contributed by atoms with van der Waals surface area (Å²) in [6, 6.07) is 6.35. The van der Waals surface area contributed by atoms with Gasteiger partial charge in [0.05, 0.1) is 18.7 Å². The zero-order valence-electron chi connectivity index (χ0n) is 11.0. The van der Waals surface area contributed by atoms with Gasteiger partial charge in [-0.1, -0.05) is 25.5 Å². The maximum absolute atomic E-state index is 11.5. The van der Waals surface area contributed by atoms with Crippen molar-refractivity contribution in [1.82, 2.24) is 0 Å². The van der Waals surface area contributed by atoms with Gasteiger partial charge in [-0.3, -0.25) is 9.79 Å². The lowest BCUT2D eigenvalue weighted by atomic mass is 9.96. The highest BCUT2D eigenvalue weighted by atomic mass is 16.5. The topological polar surface area (TPSA) is 38.7 Å². The Labute approximate surface area is 108 Å². The summed E-state index contributed by atoms with van der Waals surface area (Å²) in [7, 11) is 0. The summed E-state index contributed by atoms with van der Waals surface area (Å²) in [5.74, 6) is -0.0749. The molecule has 3 heteroatoms. The second kappa shape index (κ2) is 5.80. The first kappa shape index (κ1) is 12.8. The number of carbonyl (C=O) groups excluding carboxylic acids is 1. The van der Waals surface area contributed by atoms with Crippen molar-refractivity contribution in [1.29, 1.82) is 0 Å². The van der Waals surface area contributed by atoms with E-state index in [4.69, 9.17) is 4.74 Å². The van der Waals surface area contributed by atoms with Gasteiger partial charge in [0.25, 0.3) is 0 Å². The minimum absolute atomic E-state index is 0.0785. The lowest BCUT2D eigenvalue weighted by molar-refractivity contribution is -0.143. The van der Waals surface area contributed by atoms with Gasteiger partial charge in [-0.05, 0) is 30.5 Å². The molecular formula is C15H19NO2. The average Bonchev–Trinajstić information content (AvgIpc) is 2.73. The normalized spacial score (nSPS) is 16.7. The van der Waals surface area contributed by atoms with Crippen LogP contribution in [0.2, 0.25) is 0 Å². The standard InChI is InChI=1S/C15H19NO2/c1-3-5-11-6-7-13-12(9-15(17)18-4-2)10-16-14(13)8-11/h6-8,10,12H,3-5,9H2,1-2H3. The number of esters is 1. The molecule has 0 aromatic heterocycles. The Balaban J connectivity index is 2.09. The lowest BCUT2D eigenvalue weighted by Crippen LogP contribution is -2.09. The van der Waals surface area contributed by atoms with Gasteiger partial charge in [0.2, 0.25) is 0 Å². The maximum atomic E-state index is 11.5. The summed E-state index contributed by atoms with van der Waals surface area (Å²) in [5.41, 5.74) is 3.46. The van der Waals surface area contributed by atoms with Gasteiger partial charge < -0.3 is 4.74 Å². The largest absolute Gasteiger partial charge is 0.466 e. The molecule has 0 saturated carbocycles. The molecule has 1 aromatic rings. The highest BCUT2D eigenvalue weighted by Gasteiger charge is 2.22. The van der Waals surface area contributed by atoms with Crippen LogP contribution in [0.1, 0.15) is 43.7 Å². The second-order valence-corrected chi connectivity index (χ2v) is 4.54. The summed E-state index contributed by atoms with van der Waals surface area (Å²) in [4.78, 5) is 15.9. The quantitative estimate of drug-likeness (QED) is 0.746. The number of aryl methyl sites for hydroxylation is 1. The van der Waals surface area contributed by atoms with E-state index in [1.807, 2.05) is 13.1 Å².